The number of hydrogen-bond donors (Lipinski definition) is 2. The van der Waals surface area contributed by atoms with Gasteiger partial charge in [-0.1, -0.05) is 18.2 Å². The number of nitrogens with zero attached hydrogens (tertiary/aromatic N) is 2. The van der Waals surface area contributed by atoms with E-state index in [0.29, 0.717) is 12.1 Å². The van der Waals surface area contributed by atoms with Crippen molar-refractivity contribution in [1.29, 1.82) is 0 Å². The number of aromatic nitrogens is 2. The van der Waals surface area contributed by atoms with Crippen molar-refractivity contribution in [3.63, 3.8) is 0 Å². The molecule has 1 heterocycles. The smallest absolute Gasteiger partial charge is 0.227 e. The fourth-order valence-electron chi connectivity index (χ4n) is 1.66. The minimum Gasteiger partial charge on any atom is -0.508 e. The molecule has 5 nitrogen and oxygen atoms in total. The summed E-state index contributed by atoms with van der Waals surface area (Å²) in [4.78, 5) is 20.5. The zero-order chi connectivity index (χ0) is 13.0. The molecule has 1 aromatic heterocycles. The maximum atomic E-state index is 12.0. The van der Waals surface area contributed by atoms with E-state index in [4.69, 9.17) is 0 Å². The molecule has 1 aromatic carbocycles. The number of hydrogen-bond acceptors (Lipinski definition) is 3. The van der Waals surface area contributed by atoms with Gasteiger partial charge >= 0.3 is 0 Å². The molecule has 0 aliphatic carbocycles. The lowest BCUT2D eigenvalue weighted by atomic mass is 10.1. The van der Waals surface area contributed by atoms with Crippen molar-refractivity contribution >= 4 is 5.91 Å². The summed E-state index contributed by atoms with van der Waals surface area (Å²) in [6, 6.07) is 6.86. The zero-order valence-corrected chi connectivity index (χ0v) is 10.1. The van der Waals surface area contributed by atoms with E-state index in [1.165, 1.54) is 0 Å². The number of likely N-dealkylation sites (N-methyl/N-ethyl adjacent to an activating group) is 1. The lowest BCUT2D eigenvalue weighted by Gasteiger charge is -2.16. The molecule has 94 valence electrons. The van der Waals surface area contributed by atoms with Crippen LogP contribution in [0.3, 0.4) is 0 Å². The molecule has 0 aliphatic heterocycles. The average Bonchev–Trinajstić information content (AvgIpc) is 2.84. The van der Waals surface area contributed by atoms with Gasteiger partial charge in [0.1, 0.15) is 11.6 Å². The van der Waals surface area contributed by atoms with Crippen molar-refractivity contribution in [3.8, 4) is 5.75 Å². The highest BCUT2D eigenvalue weighted by Gasteiger charge is 2.12. The number of phenolic OH excluding ortho intramolecular Hbond substituents is 1. The summed E-state index contributed by atoms with van der Waals surface area (Å²) in [5.74, 6) is 0.827. The Hall–Kier alpha value is -2.30. The molecule has 0 atom stereocenters. The van der Waals surface area contributed by atoms with Crippen LogP contribution in [0.1, 0.15) is 11.4 Å². The van der Waals surface area contributed by atoms with E-state index in [1.54, 1.807) is 48.6 Å². The molecule has 0 saturated heterocycles. The Bertz CT molecular complexity index is 523. The first kappa shape index (κ1) is 12.2. The van der Waals surface area contributed by atoms with Gasteiger partial charge in [0.15, 0.2) is 0 Å². The first-order valence-corrected chi connectivity index (χ1v) is 5.66. The van der Waals surface area contributed by atoms with Gasteiger partial charge in [-0.2, -0.15) is 0 Å². The van der Waals surface area contributed by atoms with Gasteiger partial charge < -0.3 is 15.0 Å². The first-order chi connectivity index (χ1) is 8.66. The van der Waals surface area contributed by atoms with Crippen LogP contribution in [0, 0.1) is 0 Å². The van der Waals surface area contributed by atoms with Crippen LogP contribution in [0.15, 0.2) is 36.7 Å². The highest BCUT2D eigenvalue weighted by Crippen LogP contribution is 2.16. The summed E-state index contributed by atoms with van der Waals surface area (Å²) < 4.78 is 0. The molecule has 0 unspecified atom stereocenters. The van der Waals surface area contributed by atoms with Gasteiger partial charge in [-0.25, -0.2) is 4.98 Å². The first-order valence-electron chi connectivity index (χ1n) is 5.66. The van der Waals surface area contributed by atoms with Crippen LogP contribution in [0.25, 0.3) is 0 Å². The summed E-state index contributed by atoms with van der Waals surface area (Å²) in [6.07, 6.45) is 3.55. The Morgan fingerprint density at radius 3 is 2.89 bits per heavy atom. The van der Waals surface area contributed by atoms with Crippen molar-refractivity contribution in [2.24, 2.45) is 0 Å². The lowest BCUT2D eigenvalue weighted by molar-refractivity contribution is -0.129. The second kappa shape index (κ2) is 5.35. The molecular formula is C13H15N3O2. The third-order valence-corrected chi connectivity index (χ3v) is 2.70. The number of carbonyl (C=O) groups is 1. The number of carbonyl (C=O) groups excluding carboxylic acids is 1. The van der Waals surface area contributed by atoms with Crippen LogP contribution in [0.2, 0.25) is 0 Å². The number of rotatable bonds is 4. The molecule has 2 N–H and O–H groups in total. The van der Waals surface area contributed by atoms with E-state index in [0.717, 1.165) is 5.82 Å². The third-order valence-electron chi connectivity index (χ3n) is 2.70. The molecule has 2 aromatic rings. The van der Waals surface area contributed by atoms with Crippen molar-refractivity contribution < 1.29 is 9.90 Å². The number of phenols is 1. The van der Waals surface area contributed by atoms with Gasteiger partial charge in [-0.15, -0.1) is 0 Å². The highest BCUT2D eigenvalue weighted by atomic mass is 16.3. The third kappa shape index (κ3) is 2.88. The van der Waals surface area contributed by atoms with Crippen molar-refractivity contribution in [2.45, 2.75) is 13.0 Å². The number of nitrogens with one attached hydrogen (secondary N) is 1. The van der Waals surface area contributed by atoms with Crippen molar-refractivity contribution in [2.75, 3.05) is 7.05 Å². The van der Waals surface area contributed by atoms with E-state index in [-0.39, 0.29) is 18.1 Å². The Morgan fingerprint density at radius 1 is 1.44 bits per heavy atom. The van der Waals surface area contributed by atoms with Gasteiger partial charge in [0.25, 0.3) is 0 Å². The second-order valence-corrected chi connectivity index (χ2v) is 4.09. The Morgan fingerprint density at radius 2 is 2.22 bits per heavy atom. The summed E-state index contributed by atoms with van der Waals surface area (Å²) in [6.45, 7) is 0.430. The van der Waals surface area contributed by atoms with E-state index in [2.05, 4.69) is 9.97 Å². The number of para-hydroxylation sites is 1. The number of imidazole rings is 1. The topological polar surface area (TPSA) is 69.2 Å². The van der Waals surface area contributed by atoms with E-state index < -0.39 is 0 Å². The fraction of sp³-hybridized carbons (Fsp3) is 0.231. The Kier molecular flexibility index (Phi) is 3.62. The predicted molar refractivity (Wildman–Crippen MR) is 66.9 cm³/mol. The van der Waals surface area contributed by atoms with Gasteiger partial charge in [0.05, 0.1) is 13.0 Å². The quantitative estimate of drug-likeness (QED) is 0.853. The zero-order valence-electron chi connectivity index (χ0n) is 10.1. The Balaban J connectivity index is 1.98. The van der Waals surface area contributed by atoms with Crippen LogP contribution >= 0.6 is 0 Å². The maximum Gasteiger partial charge on any atom is 0.227 e. The summed E-state index contributed by atoms with van der Waals surface area (Å²) in [7, 11) is 1.71. The Labute approximate surface area is 105 Å². The number of aromatic amines is 1. The maximum absolute atomic E-state index is 12.0. The largest absolute Gasteiger partial charge is 0.508 e. The van der Waals surface area contributed by atoms with Gasteiger partial charge in [0.2, 0.25) is 5.91 Å². The molecule has 0 fully saturated rings. The average molecular weight is 245 g/mol. The predicted octanol–water partition coefficient (Wildman–Crippen LogP) is 1.32. The fourth-order valence-corrected chi connectivity index (χ4v) is 1.66. The number of H-pyrrole nitrogens is 1. The molecule has 18 heavy (non-hydrogen) atoms. The van der Waals surface area contributed by atoms with Gasteiger partial charge in [-0.05, 0) is 6.07 Å². The lowest BCUT2D eigenvalue weighted by Crippen LogP contribution is -2.28. The standard InChI is InChI=1S/C13H15N3O2/c1-16(9-12-14-6-7-15-12)13(18)8-10-4-2-3-5-11(10)17/h2-7,17H,8-9H2,1H3,(H,14,15). The molecule has 0 aliphatic rings. The minimum atomic E-state index is -0.0621. The number of amides is 1. The van der Waals surface area contributed by atoms with E-state index >= 15 is 0 Å². The molecule has 0 saturated carbocycles. The summed E-state index contributed by atoms with van der Waals surface area (Å²) >= 11 is 0. The molecule has 0 bridgehead atoms. The van der Waals surface area contributed by atoms with Crippen LogP contribution in [-0.2, 0) is 17.8 Å². The molecular weight excluding hydrogens is 230 g/mol. The van der Waals surface area contributed by atoms with E-state index in [9.17, 15) is 9.90 Å². The number of benzene rings is 1. The molecule has 5 heteroatoms. The van der Waals surface area contributed by atoms with Gasteiger partial charge in [0, 0.05) is 25.0 Å². The van der Waals surface area contributed by atoms with Crippen LogP contribution in [-0.4, -0.2) is 32.9 Å². The summed E-state index contributed by atoms with van der Waals surface area (Å²) in [5.41, 5.74) is 0.633. The molecule has 1 amide bonds. The van der Waals surface area contributed by atoms with Crippen LogP contribution in [0.5, 0.6) is 5.75 Å². The summed E-state index contributed by atoms with van der Waals surface area (Å²) in [5, 5.41) is 9.61. The monoisotopic (exact) mass is 245 g/mol. The molecule has 0 radical (unpaired) electrons. The molecule has 0 spiro atoms. The normalized spacial score (nSPS) is 10.3. The second-order valence-electron chi connectivity index (χ2n) is 4.09. The highest BCUT2D eigenvalue weighted by molar-refractivity contribution is 5.79. The molecule has 2 rings (SSSR count). The van der Waals surface area contributed by atoms with Crippen molar-refractivity contribution in [3.05, 3.63) is 48.0 Å². The minimum absolute atomic E-state index is 0.0621. The van der Waals surface area contributed by atoms with E-state index in [1.807, 2.05) is 0 Å². The number of aromatic hydroxyl groups is 1. The van der Waals surface area contributed by atoms with Crippen LogP contribution < -0.4 is 0 Å². The SMILES string of the molecule is CN(Cc1ncc[nH]1)C(=O)Cc1ccccc1O. The van der Waals surface area contributed by atoms with Gasteiger partial charge in [-0.3, -0.25) is 4.79 Å². The van der Waals surface area contributed by atoms with Crippen LogP contribution in [0.4, 0.5) is 0 Å². The van der Waals surface area contributed by atoms with Crippen molar-refractivity contribution in [1.82, 2.24) is 14.9 Å².